The van der Waals surface area contributed by atoms with Crippen LogP contribution < -0.4 is 0 Å². The zero-order valence-corrected chi connectivity index (χ0v) is 12.3. The molecular formula is C12H24O3Si. The normalized spacial score (nSPS) is 15.4. The summed E-state index contributed by atoms with van der Waals surface area (Å²) in [6, 6.07) is 0. The number of ether oxygens (including phenoxy) is 1. The molecule has 0 aliphatic rings. The third-order valence-electron chi connectivity index (χ3n) is 1.88. The second kappa shape index (κ2) is 5.64. The van der Waals surface area contributed by atoms with Crippen molar-refractivity contribution >= 4 is 14.3 Å². The van der Waals surface area contributed by atoms with Crippen LogP contribution in [0, 0.1) is 0 Å². The standard InChI is InChI=1S/C12H24O3Si/c1-8-9-12(4,15-16(5,6)7)14-11(13)10(2)3/h2,8-9H2,1,3-7H3. The first-order valence-corrected chi connectivity index (χ1v) is 9.09. The van der Waals surface area contributed by atoms with Crippen LogP contribution in [-0.2, 0) is 14.0 Å². The summed E-state index contributed by atoms with van der Waals surface area (Å²) in [6.07, 6.45) is 1.61. The van der Waals surface area contributed by atoms with Gasteiger partial charge in [-0.05, 0) is 33.0 Å². The Balaban J connectivity index is 4.69. The summed E-state index contributed by atoms with van der Waals surface area (Å²) in [6.45, 7) is 15.3. The third kappa shape index (κ3) is 6.08. The first-order valence-electron chi connectivity index (χ1n) is 5.68. The van der Waals surface area contributed by atoms with Gasteiger partial charge in [0.1, 0.15) is 0 Å². The Hall–Kier alpha value is -0.613. The quantitative estimate of drug-likeness (QED) is 0.310. The summed E-state index contributed by atoms with van der Waals surface area (Å²) in [4.78, 5) is 11.5. The molecule has 0 saturated carbocycles. The van der Waals surface area contributed by atoms with Crippen LogP contribution in [0.4, 0.5) is 0 Å². The Kier molecular flexibility index (Phi) is 5.42. The summed E-state index contributed by atoms with van der Waals surface area (Å²) >= 11 is 0. The molecule has 0 fully saturated rings. The molecule has 0 bridgehead atoms. The molecule has 0 aromatic carbocycles. The highest BCUT2D eigenvalue weighted by Gasteiger charge is 2.34. The predicted molar refractivity (Wildman–Crippen MR) is 68.7 cm³/mol. The van der Waals surface area contributed by atoms with Crippen LogP contribution in [0.1, 0.15) is 33.6 Å². The maximum absolute atomic E-state index is 11.5. The van der Waals surface area contributed by atoms with Gasteiger partial charge in [-0.15, -0.1) is 0 Å². The molecule has 0 heterocycles. The second-order valence-corrected chi connectivity index (χ2v) is 9.70. The fourth-order valence-corrected chi connectivity index (χ4v) is 2.95. The predicted octanol–water partition coefficient (Wildman–Crippen LogP) is 3.47. The molecule has 0 amide bonds. The van der Waals surface area contributed by atoms with Crippen molar-refractivity contribution in [3.05, 3.63) is 12.2 Å². The highest BCUT2D eigenvalue weighted by Crippen LogP contribution is 2.25. The highest BCUT2D eigenvalue weighted by atomic mass is 28.4. The van der Waals surface area contributed by atoms with Crippen LogP contribution in [0.15, 0.2) is 12.2 Å². The molecule has 3 nitrogen and oxygen atoms in total. The summed E-state index contributed by atoms with van der Waals surface area (Å²) < 4.78 is 11.3. The van der Waals surface area contributed by atoms with Gasteiger partial charge in [0.25, 0.3) is 0 Å². The van der Waals surface area contributed by atoms with E-state index in [-0.39, 0.29) is 5.97 Å². The first kappa shape index (κ1) is 15.4. The van der Waals surface area contributed by atoms with E-state index >= 15 is 0 Å². The number of hydrogen-bond donors (Lipinski definition) is 0. The second-order valence-electron chi connectivity index (χ2n) is 5.27. The summed E-state index contributed by atoms with van der Waals surface area (Å²) in [7, 11) is -1.74. The Bertz CT molecular complexity index is 268. The Labute approximate surface area is 100.0 Å². The molecule has 0 aliphatic carbocycles. The van der Waals surface area contributed by atoms with Gasteiger partial charge in [0.05, 0.1) is 0 Å². The van der Waals surface area contributed by atoms with Gasteiger partial charge in [0.2, 0.25) is 5.79 Å². The number of esters is 1. The molecular weight excluding hydrogens is 220 g/mol. The molecule has 0 aliphatic heterocycles. The molecule has 0 rings (SSSR count). The van der Waals surface area contributed by atoms with Crippen molar-refractivity contribution in [3.63, 3.8) is 0 Å². The molecule has 0 radical (unpaired) electrons. The third-order valence-corrected chi connectivity index (χ3v) is 2.93. The van der Waals surface area contributed by atoms with E-state index in [1.165, 1.54) is 0 Å². The van der Waals surface area contributed by atoms with E-state index in [4.69, 9.17) is 9.16 Å². The topological polar surface area (TPSA) is 35.5 Å². The van der Waals surface area contributed by atoms with Crippen LogP contribution in [0.3, 0.4) is 0 Å². The molecule has 0 aromatic rings. The minimum atomic E-state index is -1.74. The fourth-order valence-electron chi connectivity index (χ4n) is 1.51. The first-order chi connectivity index (χ1) is 7.09. The van der Waals surface area contributed by atoms with E-state index in [1.807, 2.05) is 13.8 Å². The van der Waals surface area contributed by atoms with Crippen LogP contribution >= 0.6 is 0 Å². The maximum atomic E-state index is 11.5. The van der Waals surface area contributed by atoms with Crippen LogP contribution in [0.25, 0.3) is 0 Å². The van der Waals surface area contributed by atoms with Gasteiger partial charge in [-0.3, -0.25) is 0 Å². The summed E-state index contributed by atoms with van der Waals surface area (Å²) in [5.41, 5.74) is 0.404. The molecule has 16 heavy (non-hydrogen) atoms. The van der Waals surface area contributed by atoms with Gasteiger partial charge in [-0.25, -0.2) is 4.79 Å². The lowest BCUT2D eigenvalue weighted by Gasteiger charge is -2.35. The van der Waals surface area contributed by atoms with Gasteiger partial charge >= 0.3 is 5.97 Å². The Morgan fingerprint density at radius 3 is 2.19 bits per heavy atom. The van der Waals surface area contributed by atoms with Crippen molar-refractivity contribution in [1.82, 2.24) is 0 Å². The van der Waals surface area contributed by atoms with E-state index in [0.717, 1.165) is 6.42 Å². The minimum absolute atomic E-state index is 0.380. The number of carbonyl (C=O) groups is 1. The molecule has 0 saturated heterocycles. The average molecular weight is 244 g/mol. The zero-order chi connectivity index (χ0) is 13.0. The van der Waals surface area contributed by atoms with Gasteiger partial charge < -0.3 is 9.16 Å². The lowest BCUT2D eigenvalue weighted by molar-refractivity contribution is -0.192. The van der Waals surface area contributed by atoms with Gasteiger partial charge in [0, 0.05) is 18.9 Å². The molecule has 0 N–H and O–H groups in total. The lowest BCUT2D eigenvalue weighted by atomic mass is 10.2. The molecule has 0 aromatic heterocycles. The zero-order valence-electron chi connectivity index (χ0n) is 11.3. The maximum Gasteiger partial charge on any atom is 0.335 e. The van der Waals surface area contributed by atoms with E-state index < -0.39 is 14.1 Å². The fraction of sp³-hybridized carbons (Fsp3) is 0.750. The van der Waals surface area contributed by atoms with Crippen molar-refractivity contribution in [1.29, 1.82) is 0 Å². The minimum Gasteiger partial charge on any atom is -0.431 e. The Morgan fingerprint density at radius 1 is 1.38 bits per heavy atom. The van der Waals surface area contributed by atoms with Crippen molar-refractivity contribution in [2.45, 2.75) is 59.0 Å². The van der Waals surface area contributed by atoms with Crippen molar-refractivity contribution in [2.24, 2.45) is 0 Å². The van der Waals surface area contributed by atoms with E-state index in [2.05, 4.69) is 26.2 Å². The SMILES string of the molecule is C=C(C)C(=O)OC(C)(CCC)O[Si](C)(C)C. The molecule has 1 atom stereocenters. The monoisotopic (exact) mass is 244 g/mol. The summed E-state index contributed by atoms with van der Waals surface area (Å²) in [5.74, 6) is -1.19. The van der Waals surface area contributed by atoms with E-state index in [0.29, 0.717) is 12.0 Å². The number of carbonyl (C=O) groups excluding carboxylic acids is 1. The van der Waals surface area contributed by atoms with Crippen LogP contribution in [0.2, 0.25) is 19.6 Å². The van der Waals surface area contributed by atoms with E-state index in [9.17, 15) is 4.79 Å². The molecule has 0 spiro atoms. The Morgan fingerprint density at radius 2 is 1.88 bits per heavy atom. The van der Waals surface area contributed by atoms with Gasteiger partial charge in [-0.2, -0.15) is 0 Å². The smallest absolute Gasteiger partial charge is 0.335 e. The lowest BCUT2D eigenvalue weighted by Crippen LogP contribution is -2.44. The van der Waals surface area contributed by atoms with Crippen molar-refractivity contribution in [2.75, 3.05) is 0 Å². The van der Waals surface area contributed by atoms with Crippen LogP contribution in [-0.4, -0.2) is 20.1 Å². The van der Waals surface area contributed by atoms with Gasteiger partial charge in [-0.1, -0.05) is 13.5 Å². The average Bonchev–Trinajstić information content (AvgIpc) is 1.99. The highest BCUT2D eigenvalue weighted by molar-refractivity contribution is 6.69. The van der Waals surface area contributed by atoms with E-state index in [1.54, 1.807) is 6.92 Å². The number of rotatable bonds is 6. The molecule has 1 unspecified atom stereocenters. The van der Waals surface area contributed by atoms with Crippen LogP contribution in [0.5, 0.6) is 0 Å². The molecule has 4 heteroatoms. The largest absolute Gasteiger partial charge is 0.431 e. The molecule has 94 valence electrons. The summed E-state index contributed by atoms with van der Waals surface area (Å²) in [5, 5.41) is 0. The van der Waals surface area contributed by atoms with Crippen molar-refractivity contribution < 1.29 is 14.0 Å². The van der Waals surface area contributed by atoms with Gasteiger partial charge in [0.15, 0.2) is 8.32 Å². The van der Waals surface area contributed by atoms with Crippen molar-refractivity contribution in [3.8, 4) is 0 Å². The number of hydrogen-bond acceptors (Lipinski definition) is 3.